The predicted molar refractivity (Wildman–Crippen MR) is 149 cm³/mol. The van der Waals surface area contributed by atoms with Gasteiger partial charge in [-0.25, -0.2) is 29.3 Å². The molecule has 0 radical (unpaired) electrons. The molecule has 0 aliphatic carbocycles. The number of hydrogen-bond donors (Lipinski definition) is 0. The lowest BCUT2D eigenvalue weighted by molar-refractivity contribution is -0.144. The van der Waals surface area contributed by atoms with Crippen LogP contribution in [0.2, 0.25) is 0 Å². The number of halogens is 1. The van der Waals surface area contributed by atoms with Gasteiger partial charge in [0.15, 0.2) is 11.6 Å². The molecule has 6 rings (SSSR count). The molecule has 4 aromatic rings. The first-order chi connectivity index (χ1) is 19.8. The van der Waals surface area contributed by atoms with Gasteiger partial charge in [0.05, 0.1) is 25.4 Å². The lowest BCUT2D eigenvalue weighted by Crippen LogP contribution is -2.73. The van der Waals surface area contributed by atoms with E-state index in [0.29, 0.717) is 53.8 Å². The summed E-state index contributed by atoms with van der Waals surface area (Å²) in [5.41, 5.74) is 2.96. The minimum absolute atomic E-state index is 0.0324. The van der Waals surface area contributed by atoms with Crippen LogP contribution < -0.4 is 14.4 Å². The molecule has 0 bridgehead atoms. The molecule has 5 heterocycles. The molecule has 1 amide bonds. The van der Waals surface area contributed by atoms with E-state index in [2.05, 4.69) is 29.8 Å². The Balaban J connectivity index is 1.14. The number of amides is 1. The molecule has 10 nitrogen and oxygen atoms in total. The average Bonchev–Trinajstić information content (AvgIpc) is 2.93. The van der Waals surface area contributed by atoms with E-state index < -0.39 is 0 Å². The van der Waals surface area contributed by atoms with Crippen molar-refractivity contribution in [3.63, 3.8) is 0 Å². The summed E-state index contributed by atoms with van der Waals surface area (Å²) in [7, 11) is 1.56. The second kappa shape index (κ2) is 10.7. The fourth-order valence-corrected chi connectivity index (χ4v) is 5.52. The zero-order valence-corrected chi connectivity index (χ0v) is 23.1. The summed E-state index contributed by atoms with van der Waals surface area (Å²) >= 11 is 0. The first-order valence-corrected chi connectivity index (χ1v) is 13.4. The number of carbonyl (C=O) groups excluding carboxylic acids is 1. The molecule has 0 unspecified atom stereocenters. The summed E-state index contributed by atoms with van der Waals surface area (Å²) in [6, 6.07) is 8.02. The van der Waals surface area contributed by atoms with Crippen LogP contribution >= 0.6 is 0 Å². The normalized spacial score (nSPS) is 15.4. The molecular formula is C30H30FN7O3. The molecule has 0 N–H and O–H groups in total. The monoisotopic (exact) mass is 555 g/mol. The van der Waals surface area contributed by atoms with Crippen molar-refractivity contribution in [3.8, 4) is 28.5 Å². The molecule has 210 valence electrons. The molecule has 0 saturated carbocycles. The zero-order valence-electron chi connectivity index (χ0n) is 23.1. The van der Waals surface area contributed by atoms with Crippen LogP contribution in [0.3, 0.4) is 0 Å². The van der Waals surface area contributed by atoms with E-state index in [9.17, 15) is 9.18 Å². The Morgan fingerprint density at radius 3 is 2.46 bits per heavy atom. The van der Waals surface area contributed by atoms with E-state index in [4.69, 9.17) is 9.47 Å². The predicted octanol–water partition coefficient (Wildman–Crippen LogP) is 4.28. The number of aromatic nitrogens is 5. The van der Waals surface area contributed by atoms with Gasteiger partial charge in [-0.1, -0.05) is 19.9 Å². The fourth-order valence-electron chi connectivity index (χ4n) is 5.52. The number of likely N-dealkylation sites (tertiary alicyclic amines) is 1. The van der Waals surface area contributed by atoms with Crippen LogP contribution in [0.4, 0.5) is 10.2 Å². The van der Waals surface area contributed by atoms with E-state index in [-0.39, 0.29) is 23.1 Å². The van der Waals surface area contributed by atoms with Crippen molar-refractivity contribution in [2.75, 3.05) is 38.2 Å². The molecular weight excluding hydrogens is 525 g/mol. The van der Waals surface area contributed by atoms with Crippen LogP contribution in [0.25, 0.3) is 11.1 Å². The molecule has 2 saturated heterocycles. The van der Waals surface area contributed by atoms with Gasteiger partial charge in [0.2, 0.25) is 11.8 Å². The minimum atomic E-state index is -0.382. The average molecular weight is 556 g/mol. The maximum absolute atomic E-state index is 14.4. The summed E-state index contributed by atoms with van der Waals surface area (Å²) in [4.78, 5) is 38.3. The Kier molecular flexibility index (Phi) is 6.94. The fraction of sp³-hybridized carbons (Fsp3) is 0.333. The van der Waals surface area contributed by atoms with Crippen molar-refractivity contribution in [1.29, 1.82) is 0 Å². The van der Waals surface area contributed by atoms with Crippen molar-refractivity contribution < 1.29 is 18.7 Å². The third kappa shape index (κ3) is 5.27. The number of rotatable bonds is 8. The van der Waals surface area contributed by atoms with Gasteiger partial charge in [-0.15, -0.1) is 0 Å². The second-order valence-corrected chi connectivity index (χ2v) is 10.9. The van der Waals surface area contributed by atoms with Gasteiger partial charge in [0, 0.05) is 61.2 Å². The Labute approximate surface area is 237 Å². The van der Waals surface area contributed by atoms with Crippen molar-refractivity contribution >= 4 is 11.7 Å². The molecule has 2 aliphatic heterocycles. The van der Waals surface area contributed by atoms with Gasteiger partial charge in [0.25, 0.3) is 0 Å². The number of ether oxygens (including phenoxy) is 2. The van der Waals surface area contributed by atoms with Gasteiger partial charge >= 0.3 is 0 Å². The number of methoxy groups -OCH3 is 1. The van der Waals surface area contributed by atoms with Crippen LogP contribution in [0.1, 0.15) is 31.0 Å². The van der Waals surface area contributed by atoms with E-state index >= 15 is 0 Å². The molecule has 2 aliphatic rings. The highest BCUT2D eigenvalue weighted by molar-refractivity contribution is 5.80. The molecule has 2 fully saturated rings. The Bertz CT molecular complexity index is 1570. The molecule has 0 atom stereocenters. The molecule has 3 aromatic heterocycles. The number of hydrogen-bond acceptors (Lipinski definition) is 9. The quantitative estimate of drug-likeness (QED) is 0.315. The number of pyridine rings is 1. The Morgan fingerprint density at radius 1 is 0.951 bits per heavy atom. The smallest absolute Gasteiger partial charge is 0.227 e. The third-order valence-corrected chi connectivity index (χ3v) is 7.52. The zero-order chi connectivity index (χ0) is 28.6. The van der Waals surface area contributed by atoms with Gasteiger partial charge in [-0.3, -0.25) is 4.79 Å². The van der Waals surface area contributed by atoms with E-state index in [1.54, 1.807) is 37.8 Å². The van der Waals surface area contributed by atoms with Gasteiger partial charge < -0.3 is 19.3 Å². The van der Waals surface area contributed by atoms with Crippen molar-refractivity contribution in [2.24, 2.45) is 5.41 Å². The Morgan fingerprint density at radius 2 is 1.73 bits per heavy atom. The largest absolute Gasteiger partial charge is 0.481 e. The maximum Gasteiger partial charge on any atom is 0.227 e. The van der Waals surface area contributed by atoms with Gasteiger partial charge in [-0.2, -0.15) is 0 Å². The number of nitrogens with zero attached hydrogens (tertiary/aromatic N) is 7. The summed E-state index contributed by atoms with van der Waals surface area (Å²) < 4.78 is 25.8. The topological polar surface area (TPSA) is 106 Å². The first kappa shape index (κ1) is 26.5. The minimum Gasteiger partial charge on any atom is -0.481 e. The summed E-state index contributed by atoms with van der Waals surface area (Å²) in [5.74, 6) is 1.92. The lowest BCUT2D eigenvalue weighted by Gasteiger charge is -2.60. The number of benzene rings is 1. The lowest BCUT2D eigenvalue weighted by atomic mass is 9.72. The molecule has 11 heteroatoms. The van der Waals surface area contributed by atoms with Crippen molar-refractivity contribution in [1.82, 2.24) is 29.8 Å². The van der Waals surface area contributed by atoms with Crippen LogP contribution in [-0.2, 0) is 11.2 Å². The maximum atomic E-state index is 14.4. The molecule has 1 spiro atoms. The third-order valence-electron chi connectivity index (χ3n) is 7.52. The van der Waals surface area contributed by atoms with Crippen LogP contribution in [0, 0.1) is 11.2 Å². The SMILES string of the molecule is COc1ccc(CC(=O)N2CC3(C2)CN(c2ncncc2Oc2ccc(F)cc2-c2cncnc2C(C)C)C3)cn1. The highest BCUT2D eigenvalue weighted by atomic mass is 19.1. The molecule has 1 aromatic carbocycles. The standard InChI is InChI=1S/C30H30FN7O3/c1-19(2)28-23(11-32-17-35-28)22-9-21(31)5-6-24(22)41-25-12-33-18-36-29(25)38-15-30(16-38)13-37(14-30)27(39)8-20-4-7-26(40-3)34-10-20/h4-7,9-12,17-19H,8,13-16H2,1-3H3. The summed E-state index contributed by atoms with van der Waals surface area (Å²) in [6.07, 6.45) is 8.26. The van der Waals surface area contributed by atoms with Crippen molar-refractivity contribution in [2.45, 2.75) is 26.2 Å². The molecule has 41 heavy (non-hydrogen) atoms. The summed E-state index contributed by atoms with van der Waals surface area (Å²) in [6.45, 7) is 6.94. The van der Waals surface area contributed by atoms with Crippen molar-refractivity contribution in [3.05, 3.63) is 78.7 Å². The van der Waals surface area contributed by atoms with Gasteiger partial charge in [-0.05, 0) is 29.7 Å². The highest BCUT2D eigenvalue weighted by Crippen LogP contribution is 2.45. The number of anilines is 1. The second-order valence-electron chi connectivity index (χ2n) is 10.9. The number of carbonyl (C=O) groups is 1. The summed E-state index contributed by atoms with van der Waals surface area (Å²) in [5, 5.41) is 0. The highest BCUT2D eigenvalue weighted by Gasteiger charge is 2.53. The Hall–Kier alpha value is -4.67. The van der Waals surface area contributed by atoms with E-state index in [0.717, 1.165) is 24.3 Å². The van der Waals surface area contributed by atoms with Gasteiger partial charge in [0.1, 0.15) is 24.2 Å². The van der Waals surface area contributed by atoms with E-state index in [1.165, 1.54) is 24.8 Å². The van der Waals surface area contributed by atoms with Crippen LogP contribution in [-0.4, -0.2) is 69.0 Å². The first-order valence-electron chi connectivity index (χ1n) is 13.4. The van der Waals surface area contributed by atoms with E-state index in [1.807, 2.05) is 24.8 Å². The van der Waals surface area contributed by atoms with Crippen LogP contribution in [0.15, 0.2) is 61.6 Å². The van der Waals surface area contributed by atoms with Crippen LogP contribution in [0.5, 0.6) is 17.4 Å².